The normalized spacial score (nSPS) is 12.1. The summed E-state index contributed by atoms with van der Waals surface area (Å²) in [6.07, 6.45) is 0.388. The molecule has 0 aromatic heterocycles. The monoisotopic (exact) mass is 535 g/mol. The fraction of sp³-hybridized carbons (Fsp3) is 0.333. The van der Waals surface area contributed by atoms with Gasteiger partial charge >= 0.3 is 0 Å². The SMILES string of the molecule is CCNC(=O)C(CC)N(Cc1ccccc1)C(=O)CN(c1ccc(C(C)C)cc1)S(=O)(=O)c1ccccc1. The molecule has 3 aromatic rings. The van der Waals surface area contributed by atoms with Gasteiger partial charge in [0.1, 0.15) is 12.6 Å². The second-order valence-corrected chi connectivity index (χ2v) is 11.3. The van der Waals surface area contributed by atoms with Gasteiger partial charge < -0.3 is 10.2 Å². The van der Waals surface area contributed by atoms with Crippen molar-refractivity contribution in [2.45, 2.75) is 57.5 Å². The summed E-state index contributed by atoms with van der Waals surface area (Å²) in [6.45, 7) is 7.95. The first-order valence-electron chi connectivity index (χ1n) is 13.0. The number of likely N-dealkylation sites (N-methyl/N-ethyl adjacent to an activating group) is 1. The van der Waals surface area contributed by atoms with Crippen LogP contribution in [0, 0.1) is 0 Å². The molecule has 1 atom stereocenters. The maximum absolute atomic E-state index is 13.9. The summed E-state index contributed by atoms with van der Waals surface area (Å²) in [5.74, 6) is -0.453. The maximum Gasteiger partial charge on any atom is 0.264 e. The van der Waals surface area contributed by atoms with Gasteiger partial charge in [-0.3, -0.25) is 13.9 Å². The third-order valence-electron chi connectivity index (χ3n) is 6.39. The summed E-state index contributed by atoms with van der Waals surface area (Å²) < 4.78 is 28.8. The van der Waals surface area contributed by atoms with Crippen molar-refractivity contribution in [3.63, 3.8) is 0 Å². The highest BCUT2D eigenvalue weighted by atomic mass is 32.2. The number of hydrogen-bond acceptors (Lipinski definition) is 4. The standard InChI is InChI=1S/C30H37N3O4S/c1-5-28(30(35)31-6-2)32(21-24-13-9-7-10-14-24)29(34)22-33(26-19-17-25(18-20-26)23(3)4)38(36,37)27-15-11-8-12-16-27/h7-20,23,28H,5-6,21-22H2,1-4H3,(H,31,35). The number of nitrogens with one attached hydrogen (secondary N) is 1. The summed E-state index contributed by atoms with van der Waals surface area (Å²) in [6, 6.07) is 23.9. The topological polar surface area (TPSA) is 86.8 Å². The highest BCUT2D eigenvalue weighted by Crippen LogP contribution is 2.26. The third kappa shape index (κ3) is 7.01. The number of carbonyl (C=O) groups excluding carboxylic acids is 2. The lowest BCUT2D eigenvalue weighted by Crippen LogP contribution is -2.52. The number of hydrogen-bond donors (Lipinski definition) is 1. The van der Waals surface area contributed by atoms with Crippen LogP contribution in [0.4, 0.5) is 5.69 Å². The van der Waals surface area contributed by atoms with Crippen molar-refractivity contribution in [2.75, 3.05) is 17.4 Å². The zero-order chi connectivity index (χ0) is 27.7. The fourth-order valence-corrected chi connectivity index (χ4v) is 5.70. The Balaban J connectivity index is 2.04. The molecule has 0 bridgehead atoms. The molecule has 7 nitrogen and oxygen atoms in total. The van der Waals surface area contributed by atoms with Crippen LogP contribution in [0.2, 0.25) is 0 Å². The number of amides is 2. The van der Waals surface area contributed by atoms with Crippen molar-refractivity contribution >= 4 is 27.5 Å². The minimum absolute atomic E-state index is 0.0890. The van der Waals surface area contributed by atoms with E-state index in [1.165, 1.54) is 17.0 Å². The van der Waals surface area contributed by atoms with E-state index in [0.29, 0.717) is 18.7 Å². The molecule has 0 aliphatic carbocycles. The van der Waals surface area contributed by atoms with Crippen LogP contribution in [0.15, 0.2) is 89.8 Å². The van der Waals surface area contributed by atoms with Crippen LogP contribution in [0.5, 0.6) is 0 Å². The van der Waals surface area contributed by atoms with Gasteiger partial charge in [-0.2, -0.15) is 0 Å². The first kappa shape index (κ1) is 28.9. The van der Waals surface area contributed by atoms with Gasteiger partial charge in [-0.1, -0.05) is 81.4 Å². The van der Waals surface area contributed by atoms with E-state index < -0.39 is 28.5 Å². The summed E-state index contributed by atoms with van der Waals surface area (Å²) in [5.41, 5.74) is 2.30. The van der Waals surface area contributed by atoms with E-state index in [1.807, 2.05) is 56.3 Å². The molecule has 3 aromatic carbocycles. The Morgan fingerprint density at radius 2 is 1.42 bits per heavy atom. The predicted octanol–water partition coefficient (Wildman–Crippen LogP) is 4.95. The quantitative estimate of drug-likeness (QED) is 0.356. The first-order chi connectivity index (χ1) is 18.2. The Bertz CT molecular complexity index is 1290. The van der Waals surface area contributed by atoms with Gasteiger partial charge in [0.05, 0.1) is 10.6 Å². The summed E-state index contributed by atoms with van der Waals surface area (Å²) in [5, 5.41) is 2.81. The Morgan fingerprint density at radius 1 is 0.842 bits per heavy atom. The van der Waals surface area contributed by atoms with Crippen LogP contribution in [0.1, 0.15) is 51.2 Å². The van der Waals surface area contributed by atoms with E-state index in [-0.39, 0.29) is 23.3 Å². The van der Waals surface area contributed by atoms with E-state index in [0.717, 1.165) is 15.4 Å². The summed E-state index contributed by atoms with van der Waals surface area (Å²) in [4.78, 5) is 28.5. The minimum Gasteiger partial charge on any atom is -0.355 e. The van der Waals surface area contributed by atoms with Crippen molar-refractivity contribution < 1.29 is 18.0 Å². The largest absolute Gasteiger partial charge is 0.355 e. The number of anilines is 1. The smallest absolute Gasteiger partial charge is 0.264 e. The number of rotatable bonds is 12. The maximum atomic E-state index is 13.9. The van der Waals surface area contributed by atoms with E-state index >= 15 is 0 Å². The first-order valence-corrected chi connectivity index (χ1v) is 14.4. The lowest BCUT2D eigenvalue weighted by molar-refractivity contribution is -0.140. The molecule has 202 valence electrons. The Kier molecular flexibility index (Phi) is 10.1. The molecule has 0 spiro atoms. The van der Waals surface area contributed by atoms with Crippen molar-refractivity contribution in [1.29, 1.82) is 0 Å². The summed E-state index contributed by atoms with van der Waals surface area (Å²) in [7, 11) is -4.07. The molecule has 0 saturated heterocycles. The molecule has 1 unspecified atom stereocenters. The van der Waals surface area contributed by atoms with Crippen LogP contribution in [0.3, 0.4) is 0 Å². The highest BCUT2D eigenvalue weighted by Gasteiger charge is 2.33. The third-order valence-corrected chi connectivity index (χ3v) is 8.18. The number of sulfonamides is 1. The van der Waals surface area contributed by atoms with Gasteiger partial charge in [-0.05, 0) is 54.7 Å². The summed E-state index contributed by atoms with van der Waals surface area (Å²) >= 11 is 0. The molecule has 0 aliphatic heterocycles. The molecule has 3 rings (SSSR count). The van der Waals surface area contributed by atoms with Crippen LogP contribution in [0.25, 0.3) is 0 Å². The Morgan fingerprint density at radius 3 is 1.95 bits per heavy atom. The average Bonchev–Trinajstić information content (AvgIpc) is 2.92. The van der Waals surface area contributed by atoms with Crippen LogP contribution >= 0.6 is 0 Å². The predicted molar refractivity (Wildman–Crippen MR) is 151 cm³/mol. The van der Waals surface area contributed by atoms with E-state index in [1.54, 1.807) is 30.3 Å². The van der Waals surface area contributed by atoms with Crippen molar-refractivity contribution in [2.24, 2.45) is 0 Å². The van der Waals surface area contributed by atoms with Gasteiger partial charge in [0, 0.05) is 13.1 Å². The Hall–Kier alpha value is -3.65. The fourth-order valence-electron chi connectivity index (χ4n) is 4.27. The van der Waals surface area contributed by atoms with Crippen molar-refractivity contribution in [3.8, 4) is 0 Å². The van der Waals surface area contributed by atoms with E-state index in [2.05, 4.69) is 19.2 Å². The van der Waals surface area contributed by atoms with Crippen molar-refractivity contribution in [1.82, 2.24) is 10.2 Å². The van der Waals surface area contributed by atoms with Crippen LogP contribution in [-0.2, 0) is 26.2 Å². The molecule has 8 heteroatoms. The lowest BCUT2D eigenvalue weighted by atomic mass is 10.0. The zero-order valence-corrected chi connectivity index (χ0v) is 23.3. The number of carbonyl (C=O) groups is 2. The molecule has 0 saturated carbocycles. The minimum atomic E-state index is -4.07. The van der Waals surface area contributed by atoms with E-state index in [4.69, 9.17) is 0 Å². The van der Waals surface area contributed by atoms with Gasteiger partial charge in [0.15, 0.2) is 0 Å². The van der Waals surface area contributed by atoms with Gasteiger partial charge in [-0.15, -0.1) is 0 Å². The van der Waals surface area contributed by atoms with E-state index in [9.17, 15) is 18.0 Å². The second kappa shape index (κ2) is 13.2. The van der Waals surface area contributed by atoms with Crippen LogP contribution in [-0.4, -0.2) is 44.3 Å². The molecule has 2 amide bonds. The molecule has 0 heterocycles. The highest BCUT2D eigenvalue weighted by molar-refractivity contribution is 7.92. The van der Waals surface area contributed by atoms with Crippen molar-refractivity contribution in [3.05, 3.63) is 96.1 Å². The molecule has 38 heavy (non-hydrogen) atoms. The molecular formula is C30H37N3O4S. The Labute approximate surface area is 226 Å². The lowest BCUT2D eigenvalue weighted by Gasteiger charge is -2.33. The van der Waals surface area contributed by atoms with Gasteiger partial charge in [0.25, 0.3) is 10.0 Å². The number of benzene rings is 3. The number of nitrogens with zero attached hydrogens (tertiary/aromatic N) is 2. The second-order valence-electron chi connectivity index (χ2n) is 9.40. The molecule has 1 N–H and O–H groups in total. The zero-order valence-electron chi connectivity index (χ0n) is 22.5. The van der Waals surface area contributed by atoms with Crippen LogP contribution < -0.4 is 9.62 Å². The average molecular weight is 536 g/mol. The molecule has 0 aliphatic rings. The van der Waals surface area contributed by atoms with Gasteiger partial charge in [-0.25, -0.2) is 8.42 Å². The molecule has 0 radical (unpaired) electrons. The molecule has 0 fully saturated rings. The molecular weight excluding hydrogens is 498 g/mol. The van der Waals surface area contributed by atoms with Gasteiger partial charge in [0.2, 0.25) is 11.8 Å².